The summed E-state index contributed by atoms with van der Waals surface area (Å²) in [7, 11) is 0. The summed E-state index contributed by atoms with van der Waals surface area (Å²) in [5.74, 6) is 0.869. The van der Waals surface area contributed by atoms with Crippen LogP contribution in [0.15, 0.2) is 29.9 Å². The van der Waals surface area contributed by atoms with Crippen LogP contribution >= 0.6 is 34.5 Å². The lowest BCUT2D eigenvalue weighted by molar-refractivity contribution is 0.194. The summed E-state index contributed by atoms with van der Waals surface area (Å²) in [5.41, 5.74) is 0.657. The van der Waals surface area contributed by atoms with Crippen molar-refractivity contribution in [1.82, 2.24) is 30.1 Å². The van der Waals surface area contributed by atoms with E-state index in [-0.39, 0.29) is 11.6 Å². The third-order valence-electron chi connectivity index (χ3n) is 5.01. The monoisotopic (exact) mass is 451 g/mol. The van der Waals surface area contributed by atoms with Crippen molar-refractivity contribution in [2.24, 2.45) is 0 Å². The number of hydrogen-bond acceptors (Lipinski definition) is 7. The highest BCUT2D eigenvalue weighted by atomic mass is 35.5. The van der Waals surface area contributed by atoms with Gasteiger partial charge < -0.3 is 4.90 Å². The van der Waals surface area contributed by atoms with Gasteiger partial charge in [-0.25, -0.2) is 4.68 Å². The second-order valence-electron chi connectivity index (χ2n) is 8.01. The van der Waals surface area contributed by atoms with E-state index < -0.39 is 0 Å². The number of tetrazole rings is 1. The Morgan fingerprint density at radius 1 is 1.07 bits per heavy atom. The minimum absolute atomic E-state index is 0.00904. The van der Waals surface area contributed by atoms with Gasteiger partial charge in [0.15, 0.2) is 5.82 Å². The molecule has 0 aliphatic carbocycles. The third-order valence-corrected chi connectivity index (χ3v) is 6.49. The molecule has 3 aromatic heterocycles. The summed E-state index contributed by atoms with van der Waals surface area (Å²) in [4.78, 5) is 9.95. The number of halogens is 2. The molecule has 0 N–H and O–H groups in total. The molecule has 0 amide bonds. The summed E-state index contributed by atoms with van der Waals surface area (Å²) in [6, 6.07) is 4.24. The highest BCUT2D eigenvalue weighted by Gasteiger charge is 2.34. The van der Waals surface area contributed by atoms with Gasteiger partial charge in [-0.1, -0.05) is 29.3 Å². The smallest absolute Gasteiger partial charge is 0.174 e. The summed E-state index contributed by atoms with van der Waals surface area (Å²) >= 11 is 14.5. The van der Waals surface area contributed by atoms with Gasteiger partial charge in [0.05, 0.1) is 21.3 Å². The quantitative estimate of drug-likeness (QED) is 0.594. The number of pyridine rings is 1. The van der Waals surface area contributed by atoms with Gasteiger partial charge in [-0.05, 0) is 42.6 Å². The molecule has 1 aliphatic rings. The van der Waals surface area contributed by atoms with Crippen LogP contribution in [0, 0.1) is 0 Å². The van der Waals surface area contributed by atoms with E-state index in [9.17, 15) is 0 Å². The van der Waals surface area contributed by atoms with Crippen molar-refractivity contribution >= 4 is 40.2 Å². The van der Waals surface area contributed by atoms with Gasteiger partial charge in [0.1, 0.15) is 6.04 Å². The fourth-order valence-corrected chi connectivity index (χ4v) is 5.13. The molecule has 0 bridgehead atoms. The first-order valence-electron chi connectivity index (χ1n) is 9.46. The van der Waals surface area contributed by atoms with Gasteiger partial charge >= 0.3 is 0 Å². The van der Waals surface area contributed by atoms with Gasteiger partial charge in [0, 0.05) is 43.4 Å². The van der Waals surface area contributed by atoms with E-state index in [1.54, 1.807) is 23.7 Å². The predicted molar refractivity (Wildman–Crippen MR) is 117 cm³/mol. The number of thiophene rings is 1. The largest absolute Gasteiger partial charge is 0.366 e. The molecule has 1 atom stereocenters. The molecule has 0 aromatic carbocycles. The first-order chi connectivity index (χ1) is 13.9. The zero-order chi connectivity index (χ0) is 20.6. The highest BCUT2D eigenvalue weighted by molar-refractivity contribution is 7.10. The summed E-state index contributed by atoms with van der Waals surface area (Å²) in [5, 5.41) is 16.0. The van der Waals surface area contributed by atoms with E-state index in [1.165, 1.54) is 4.88 Å². The highest BCUT2D eigenvalue weighted by Crippen LogP contribution is 2.36. The second-order valence-corrected chi connectivity index (χ2v) is 9.81. The second kappa shape index (κ2) is 8.18. The zero-order valence-electron chi connectivity index (χ0n) is 16.6. The molecule has 0 saturated carbocycles. The molecule has 4 rings (SSSR count). The van der Waals surface area contributed by atoms with Crippen molar-refractivity contribution in [3.05, 3.63) is 50.7 Å². The van der Waals surface area contributed by atoms with Crippen molar-refractivity contribution in [2.75, 3.05) is 31.1 Å². The number of aromatic nitrogens is 5. The number of anilines is 1. The fourth-order valence-electron chi connectivity index (χ4n) is 3.67. The predicted octanol–water partition coefficient (Wildman–Crippen LogP) is 4.10. The average molecular weight is 452 g/mol. The van der Waals surface area contributed by atoms with Crippen molar-refractivity contribution in [3.63, 3.8) is 0 Å². The molecule has 4 heterocycles. The molecule has 1 saturated heterocycles. The van der Waals surface area contributed by atoms with Crippen LogP contribution in [-0.4, -0.2) is 56.3 Å². The van der Waals surface area contributed by atoms with Crippen LogP contribution in [0.2, 0.25) is 10.0 Å². The van der Waals surface area contributed by atoms with E-state index in [1.807, 2.05) is 4.68 Å². The fraction of sp³-hybridized carbons (Fsp3) is 0.474. The molecule has 1 unspecified atom stereocenters. The minimum atomic E-state index is -0.200. The van der Waals surface area contributed by atoms with Gasteiger partial charge in [-0.3, -0.25) is 9.88 Å². The van der Waals surface area contributed by atoms with Crippen LogP contribution in [0.3, 0.4) is 0 Å². The Labute approximate surface area is 184 Å². The van der Waals surface area contributed by atoms with Crippen molar-refractivity contribution in [3.8, 4) is 0 Å². The first-order valence-corrected chi connectivity index (χ1v) is 11.1. The maximum Gasteiger partial charge on any atom is 0.174 e. The molecular weight excluding hydrogens is 429 g/mol. The maximum atomic E-state index is 6.36. The van der Waals surface area contributed by atoms with Crippen LogP contribution in [-0.2, 0) is 5.54 Å². The van der Waals surface area contributed by atoms with Crippen LogP contribution in [0.1, 0.15) is 37.5 Å². The molecule has 1 aliphatic heterocycles. The molecule has 0 spiro atoms. The lowest BCUT2D eigenvalue weighted by Crippen LogP contribution is -2.48. The number of nitrogens with zero attached hydrogens (tertiary/aromatic N) is 7. The van der Waals surface area contributed by atoms with Gasteiger partial charge in [0.2, 0.25) is 0 Å². The normalized spacial score (nSPS) is 16.9. The molecule has 0 radical (unpaired) electrons. The minimum Gasteiger partial charge on any atom is -0.366 e. The van der Waals surface area contributed by atoms with E-state index in [4.69, 9.17) is 23.2 Å². The zero-order valence-corrected chi connectivity index (χ0v) is 18.9. The number of hydrogen-bond donors (Lipinski definition) is 0. The van der Waals surface area contributed by atoms with Gasteiger partial charge in [-0.2, -0.15) is 0 Å². The molecule has 3 aromatic rings. The number of piperazine rings is 1. The third kappa shape index (κ3) is 4.12. The van der Waals surface area contributed by atoms with E-state index in [2.05, 4.69) is 68.6 Å². The molecular formula is C19H23Cl2N7S. The Morgan fingerprint density at radius 3 is 2.34 bits per heavy atom. The lowest BCUT2D eigenvalue weighted by atomic mass is 10.1. The molecule has 7 nitrogen and oxygen atoms in total. The Kier molecular flexibility index (Phi) is 5.79. The Hall–Kier alpha value is -1.74. The van der Waals surface area contributed by atoms with Crippen LogP contribution in [0.4, 0.5) is 5.69 Å². The Balaban J connectivity index is 1.61. The Morgan fingerprint density at radius 2 is 1.76 bits per heavy atom. The topological polar surface area (TPSA) is 63.0 Å². The van der Waals surface area contributed by atoms with Gasteiger partial charge in [0.25, 0.3) is 0 Å². The molecule has 154 valence electrons. The molecule has 10 heteroatoms. The first kappa shape index (κ1) is 20.5. The summed E-state index contributed by atoms with van der Waals surface area (Å²) in [6.07, 6.45) is 3.28. The van der Waals surface area contributed by atoms with Crippen molar-refractivity contribution < 1.29 is 0 Å². The standard InChI is InChI=1S/C19H23Cl2N7S/c1-19(2,3)28-18(23-24-25-28)17(15-5-4-10-29-15)27-8-6-26(7-9-27)16-13(20)11-22-12-14(16)21/h4-5,10-12,17H,6-9H2,1-3H3. The maximum absolute atomic E-state index is 6.36. The molecule has 1 fully saturated rings. The lowest BCUT2D eigenvalue weighted by Gasteiger charge is -2.40. The summed E-state index contributed by atoms with van der Waals surface area (Å²) < 4.78 is 1.93. The van der Waals surface area contributed by atoms with Crippen LogP contribution in [0.5, 0.6) is 0 Å². The van der Waals surface area contributed by atoms with Gasteiger partial charge in [-0.15, -0.1) is 16.4 Å². The van der Waals surface area contributed by atoms with E-state index in [0.29, 0.717) is 10.0 Å². The van der Waals surface area contributed by atoms with Crippen LogP contribution in [0.25, 0.3) is 0 Å². The average Bonchev–Trinajstić information content (AvgIpc) is 3.35. The van der Waals surface area contributed by atoms with Crippen LogP contribution < -0.4 is 4.90 Å². The van der Waals surface area contributed by atoms with E-state index in [0.717, 1.165) is 37.7 Å². The number of rotatable bonds is 4. The SMILES string of the molecule is CC(C)(C)n1nnnc1C(c1cccs1)N1CCN(c2c(Cl)cncc2Cl)CC1. The van der Waals surface area contributed by atoms with Crippen molar-refractivity contribution in [2.45, 2.75) is 32.4 Å². The Bertz CT molecular complexity index is 939. The summed E-state index contributed by atoms with van der Waals surface area (Å²) in [6.45, 7) is 9.64. The van der Waals surface area contributed by atoms with E-state index >= 15 is 0 Å². The van der Waals surface area contributed by atoms with Crippen molar-refractivity contribution in [1.29, 1.82) is 0 Å². The molecule has 29 heavy (non-hydrogen) atoms.